The van der Waals surface area contributed by atoms with Gasteiger partial charge in [-0.25, -0.2) is 4.79 Å². The molecule has 0 radical (unpaired) electrons. The van der Waals surface area contributed by atoms with Gasteiger partial charge in [0.25, 0.3) is 0 Å². The number of aliphatic hydroxyl groups is 2. The van der Waals surface area contributed by atoms with E-state index in [1.54, 1.807) is 0 Å². The molecule has 23 heavy (non-hydrogen) atoms. The van der Waals surface area contributed by atoms with Gasteiger partial charge in [-0.1, -0.05) is 60.7 Å². The molecule has 0 aliphatic carbocycles. The summed E-state index contributed by atoms with van der Waals surface area (Å²) in [6, 6.07) is 18.8. The second kappa shape index (κ2) is 8.92. The summed E-state index contributed by atoms with van der Waals surface area (Å²) in [4.78, 5) is 13.7. The predicted molar refractivity (Wildman–Crippen MR) is 86.6 cm³/mol. The van der Waals surface area contributed by atoms with Crippen molar-refractivity contribution in [3.05, 3.63) is 71.8 Å². The van der Waals surface area contributed by atoms with Crippen LogP contribution in [0, 0.1) is 0 Å². The summed E-state index contributed by atoms with van der Waals surface area (Å²) < 4.78 is 5.30. The zero-order valence-electron chi connectivity index (χ0n) is 12.8. The third-order valence-electron chi connectivity index (χ3n) is 3.32. The van der Waals surface area contributed by atoms with Crippen molar-refractivity contribution >= 4 is 6.09 Å². The van der Waals surface area contributed by atoms with Crippen molar-refractivity contribution in [3.8, 4) is 0 Å². The van der Waals surface area contributed by atoms with Gasteiger partial charge in [-0.05, 0) is 11.1 Å². The van der Waals surface area contributed by atoms with Gasteiger partial charge in [-0.3, -0.25) is 0 Å². The van der Waals surface area contributed by atoms with Crippen molar-refractivity contribution < 1.29 is 19.7 Å². The number of ether oxygens (including phenoxy) is 1. The van der Waals surface area contributed by atoms with Gasteiger partial charge in [-0.15, -0.1) is 0 Å². The number of rotatable bonds is 7. The molecule has 5 nitrogen and oxygen atoms in total. The van der Waals surface area contributed by atoms with Crippen molar-refractivity contribution in [3.63, 3.8) is 0 Å². The Hall–Kier alpha value is -2.37. The quantitative estimate of drug-likeness (QED) is 0.821. The molecule has 0 saturated carbocycles. The molecule has 0 spiro atoms. The maximum absolute atomic E-state index is 12.3. The monoisotopic (exact) mass is 315 g/mol. The molecule has 2 rings (SSSR count). The van der Waals surface area contributed by atoms with E-state index < -0.39 is 18.8 Å². The molecule has 1 atom stereocenters. The highest BCUT2D eigenvalue weighted by atomic mass is 16.6. The summed E-state index contributed by atoms with van der Waals surface area (Å²) in [5, 5.41) is 18.7. The molecule has 0 aliphatic rings. The fourth-order valence-electron chi connectivity index (χ4n) is 2.13. The van der Waals surface area contributed by atoms with Gasteiger partial charge in [0.1, 0.15) is 6.61 Å². The first kappa shape index (κ1) is 17.0. The first-order chi connectivity index (χ1) is 11.2. The lowest BCUT2D eigenvalue weighted by Gasteiger charge is -2.24. The maximum Gasteiger partial charge on any atom is 0.410 e. The summed E-state index contributed by atoms with van der Waals surface area (Å²) in [6.07, 6.45) is -1.52. The Bertz CT molecular complexity index is 588. The third-order valence-corrected chi connectivity index (χ3v) is 3.32. The lowest BCUT2D eigenvalue weighted by Crippen LogP contribution is -2.38. The number of amides is 1. The van der Waals surface area contributed by atoms with E-state index in [1.165, 1.54) is 4.90 Å². The highest BCUT2D eigenvalue weighted by molar-refractivity contribution is 5.67. The van der Waals surface area contributed by atoms with Crippen LogP contribution in [-0.4, -0.2) is 40.5 Å². The number of benzene rings is 2. The van der Waals surface area contributed by atoms with E-state index in [-0.39, 0.29) is 13.2 Å². The zero-order valence-corrected chi connectivity index (χ0v) is 12.8. The summed E-state index contributed by atoms with van der Waals surface area (Å²) in [6.45, 7) is 0.0853. The summed E-state index contributed by atoms with van der Waals surface area (Å²) in [5.41, 5.74) is 1.82. The average Bonchev–Trinajstić information content (AvgIpc) is 2.60. The Kier molecular flexibility index (Phi) is 6.59. The summed E-state index contributed by atoms with van der Waals surface area (Å²) in [7, 11) is 0. The smallest absolute Gasteiger partial charge is 0.410 e. The van der Waals surface area contributed by atoms with Crippen LogP contribution in [0.3, 0.4) is 0 Å². The Labute approximate surface area is 135 Å². The van der Waals surface area contributed by atoms with Crippen LogP contribution >= 0.6 is 0 Å². The third kappa shape index (κ3) is 5.73. The number of carbonyl (C=O) groups is 1. The second-order valence-corrected chi connectivity index (χ2v) is 5.24. The molecule has 5 heteroatoms. The molecule has 0 fully saturated rings. The van der Waals surface area contributed by atoms with Crippen molar-refractivity contribution in [2.24, 2.45) is 0 Å². The van der Waals surface area contributed by atoms with Crippen LogP contribution in [0.1, 0.15) is 11.1 Å². The number of aliphatic hydroxyl groups excluding tert-OH is 2. The van der Waals surface area contributed by atoms with E-state index in [2.05, 4.69) is 0 Å². The van der Waals surface area contributed by atoms with Crippen LogP contribution in [0.15, 0.2) is 60.7 Å². The van der Waals surface area contributed by atoms with E-state index in [9.17, 15) is 9.90 Å². The minimum Gasteiger partial charge on any atom is -0.445 e. The van der Waals surface area contributed by atoms with Gasteiger partial charge in [-0.2, -0.15) is 0 Å². The molecule has 2 aromatic carbocycles. The van der Waals surface area contributed by atoms with Gasteiger partial charge in [0, 0.05) is 6.54 Å². The average molecular weight is 315 g/mol. The van der Waals surface area contributed by atoms with Crippen LogP contribution in [-0.2, 0) is 17.9 Å². The first-order valence-corrected chi connectivity index (χ1v) is 7.47. The lowest BCUT2D eigenvalue weighted by molar-refractivity contribution is 0.0421. The first-order valence-electron chi connectivity index (χ1n) is 7.47. The van der Waals surface area contributed by atoms with E-state index in [1.807, 2.05) is 60.7 Å². The molecule has 122 valence electrons. The largest absolute Gasteiger partial charge is 0.445 e. The van der Waals surface area contributed by atoms with Gasteiger partial charge < -0.3 is 19.8 Å². The molecule has 1 amide bonds. The molecule has 0 heterocycles. The van der Waals surface area contributed by atoms with Crippen LogP contribution in [0.4, 0.5) is 4.79 Å². The van der Waals surface area contributed by atoms with E-state index in [4.69, 9.17) is 9.84 Å². The molecular weight excluding hydrogens is 294 g/mol. The van der Waals surface area contributed by atoms with E-state index >= 15 is 0 Å². The van der Waals surface area contributed by atoms with Crippen LogP contribution in [0.5, 0.6) is 0 Å². The number of hydrogen-bond donors (Lipinski definition) is 2. The minimum atomic E-state index is -0.997. The molecule has 0 aromatic heterocycles. The molecule has 0 aliphatic heterocycles. The molecule has 2 aromatic rings. The summed E-state index contributed by atoms with van der Waals surface area (Å²) >= 11 is 0. The summed E-state index contributed by atoms with van der Waals surface area (Å²) in [5.74, 6) is 0. The van der Waals surface area contributed by atoms with Crippen molar-refractivity contribution in [1.29, 1.82) is 0 Å². The maximum atomic E-state index is 12.3. The van der Waals surface area contributed by atoms with Crippen molar-refractivity contribution in [2.45, 2.75) is 19.3 Å². The standard InChI is InChI=1S/C18H21NO4/c20-13-17(21)12-19(11-15-7-3-1-4-8-15)18(22)23-14-16-9-5-2-6-10-16/h1-10,17,20-21H,11-14H2. The second-order valence-electron chi connectivity index (χ2n) is 5.24. The zero-order chi connectivity index (χ0) is 16.5. The highest BCUT2D eigenvalue weighted by Gasteiger charge is 2.19. The van der Waals surface area contributed by atoms with Gasteiger partial charge >= 0.3 is 6.09 Å². The Balaban J connectivity index is 1.98. The van der Waals surface area contributed by atoms with Crippen LogP contribution < -0.4 is 0 Å². The van der Waals surface area contributed by atoms with Crippen LogP contribution in [0.25, 0.3) is 0 Å². The van der Waals surface area contributed by atoms with Crippen LogP contribution in [0.2, 0.25) is 0 Å². The molecule has 0 saturated heterocycles. The van der Waals surface area contributed by atoms with E-state index in [0.717, 1.165) is 11.1 Å². The Morgan fingerprint density at radius 1 is 1.00 bits per heavy atom. The number of nitrogens with zero attached hydrogens (tertiary/aromatic N) is 1. The van der Waals surface area contributed by atoms with Gasteiger partial charge in [0.15, 0.2) is 0 Å². The number of hydrogen-bond acceptors (Lipinski definition) is 4. The fourth-order valence-corrected chi connectivity index (χ4v) is 2.13. The fraction of sp³-hybridized carbons (Fsp3) is 0.278. The molecular formula is C18H21NO4. The van der Waals surface area contributed by atoms with Crippen molar-refractivity contribution in [2.75, 3.05) is 13.2 Å². The normalized spacial score (nSPS) is 11.7. The topological polar surface area (TPSA) is 70.0 Å². The van der Waals surface area contributed by atoms with E-state index in [0.29, 0.717) is 6.54 Å². The lowest BCUT2D eigenvalue weighted by atomic mass is 10.2. The SMILES string of the molecule is O=C(OCc1ccccc1)N(Cc1ccccc1)CC(O)CO. The molecule has 2 N–H and O–H groups in total. The Morgan fingerprint density at radius 3 is 2.13 bits per heavy atom. The molecule has 1 unspecified atom stereocenters. The highest BCUT2D eigenvalue weighted by Crippen LogP contribution is 2.09. The van der Waals surface area contributed by atoms with Gasteiger partial charge in [0.05, 0.1) is 19.3 Å². The molecule has 0 bridgehead atoms. The van der Waals surface area contributed by atoms with Crippen molar-refractivity contribution in [1.82, 2.24) is 4.90 Å². The predicted octanol–water partition coefficient (Wildman–Crippen LogP) is 2.18. The Morgan fingerprint density at radius 2 is 1.57 bits per heavy atom. The van der Waals surface area contributed by atoms with Gasteiger partial charge in [0.2, 0.25) is 0 Å². The number of carbonyl (C=O) groups excluding carboxylic acids is 1. The minimum absolute atomic E-state index is 0.0129.